The van der Waals surface area contributed by atoms with Crippen molar-refractivity contribution >= 4 is 5.69 Å². The Morgan fingerprint density at radius 2 is 2.25 bits per heavy atom. The van der Waals surface area contributed by atoms with Crippen molar-refractivity contribution in [1.82, 2.24) is 5.32 Å². The van der Waals surface area contributed by atoms with Gasteiger partial charge in [-0.15, -0.1) is 0 Å². The molecule has 2 rings (SSSR count). The van der Waals surface area contributed by atoms with E-state index in [1.807, 2.05) is 19.9 Å². The molecule has 0 spiro atoms. The molecule has 2 N–H and O–H groups in total. The van der Waals surface area contributed by atoms with Crippen molar-refractivity contribution in [3.8, 4) is 0 Å². The molecule has 1 saturated heterocycles. The van der Waals surface area contributed by atoms with Crippen LogP contribution in [-0.2, 0) is 11.3 Å². The van der Waals surface area contributed by atoms with E-state index >= 15 is 0 Å². The van der Waals surface area contributed by atoms with Gasteiger partial charge in [-0.3, -0.25) is 0 Å². The summed E-state index contributed by atoms with van der Waals surface area (Å²) in [4.78, 5) is 2.10. The molecule has 1 aliphatic rings. The van der Waals surface area contributed by atoms with Crippen molar-refractivity contribution in [3.05, 3.63) is 29.6 Å². The molecule has 0 aliphatic carbocycles. The molecule has 4 nitrogen and oxygen atoms in total. The fourth-order valence-electron chi connectivity index (χ4n) is 2.61. The van der Waals surface area contributed by atoms with Crippen LogP contribution in [0.1, 0.15) is 19.4 Å². The van der Waals surface area contributed by atoms with E-state index in [0.29, 0.717) is 25.2 Å². The molecule has 1 aliphatic heterocycles. The topological polar surface area (TPSA) is 44.7 Å². The number of hydrogen-bond acceptors (Lipinski definition) is 4. The number of nitrogens with one attached hydrogen (secondary N) is 1. The zero-order valence-corrected chi connectivity index (χ0v) is 12.1. The average molecular weight is 282 g/mol. The third-order valence-electron chi connectivity index (χ3n) is 3.52. The molecule has 0 aromatic heterocycles. The van der Waals surface area contributed by atoms with E-state index in [4.69, 9.17) is 4.74 Å². The maximum Gasteiger partial charge on any atom is 0.129 e. The standard InChI is InChI=1S/C15H23FN2O2/c1-3-17-7-13-14(16)5-4-6-15(13)18-8-11(2)20-12(9-18)10-19/h4-6,11-12,17,19H,3,7-10H2,1-2H3. The maximum atomic E-state index is 14.1. The summed E-state index contributed by atoms with van der Waals surface area (Å²) in [6.45, 7) is 6.55. The lowest BCUT2D eigenvalue weighted by Gasteiger charge is -2.38. The van der Waals surface area contributed by atoms with Gasteiger partial charge >= 0.3 is 0 Å². The molecular formula is C15H23FN2O2. The molecule has 20 heavy (non-hydrogen) atoms. The van der Waals surface area contributed by atoms with E-state index in [-0.39, 0.29) is 24.6 Å². The number of hydrogen-bond donors (Lipinski definition) is 2. The minimum absolute atomic E-state index is 0.0152. The molecule has 0 radical (unpaired) electrons. The smallest absolute Gasteiger partial charge is 0.129 e. The summed E-state index contributed by atoms with van der Waals surface area (Å²) in [5.41, 5.74) is 1.57. The van der Waals surface area contributed by atoms with E-state index < -0.39 is 0 Å². The zero-order valence-electron chi connectivity index (χ0n) is 12.1. The Morgan fingerprint density at radius 3 is 2.95 bits per heavy atom. The summed E-state index contributed by atoms with van der Waals surface area (Å²) < 4.78 is 19.7. The summed E-state index contributed by atoms with van der Waals surface area (Å²) in [7, 11) is 0. The van der Waals surface area contributed by atoms with Gasteiger partial charge in [0.05, 0.1) is 18.8 Å². The summed E-state index contributed by atoms with van der Waals surface area (Å²) in [6.07, 6.45) is -0.190. The lowest BCUT2D eigenvalue weighted by molar-refractivity contribution is -0.0421. The number of morpholine rings is 1. The number of nitrogens with zero attached hydrogens (tertiary/aromatic N) is 1. The van der Waals surface area contributed by atoms with Gasteiger partial charge in [0.25, 0.3) is 0 Å². The van der Waals surface area contributed by atoms with Gasteiger partial charge < -0.3 is 20.1 Å². The van der Waals surface area contributed by atoms with Crippen molar-refractivity contribution in [3.63, 3.8) is 0 Å². The normalized spacial score (nSPS) is 23.1. The van der Waals surface area contributed by atoms with Crippen LogP contribution < -0.4 is 10.2 Å². The molecule has 5 heteroatoms. The lowest BCUT2D eigenvalue weighted by Crippen LogP contribution is -2.48. The molecular weight excluding hydrogens is 259 g/mol. The molecule has 2 unspecified atom stereocenters. The van der Waals surface area contributed by atoms with Gasteiger partial charge in [0.15, 0.2) is 0 Å². The van der Waals surface area contributed by atoms with Gasteiger partial charge in [-0.1, -0.05) is 13.0 Å². The zero-order chi connectivity index (χ0) is 14.5. The third-order valence-corrected chi connectivity index (χ3v) is 3.52. The number of benzene rings is 1. The fourth-order valence-corrected chi connectivity index (χ4v) is 2.61. The number of anilines is 1. The molecule has 1 aromatic rings. The van der Waals surface area contributed by atoms with Crippen molar-refractivity contribution in [2.45, 2.75) is 32.6 Å². The van der Waals surface area contributed by atoms with Crippen molar-refractivity contribution in [2.75, 3.05) is 31.1 Å². The Morgan fingerprint density at radius 1 is 1.45 bits per heavy atom. The van der Waals surface area contributed by atoms with Crippen LogP contribution in [0.4, 0.5) is 10.1 Å². The Hall–Kier alpha value is -1.17. The van der Waals surface area contributed by atoms with Crippen LogP contribution in [0.15, 0.2) is 18.2 Å². The lowest BCUT2D eigenvalue weighted by atomic mass is 10.1. The van der Waals surface area contributed by atoms with Crippen LogP contribution in [0.3, 0.4) is 0 Å². The molecule has 1 aromatic carbocycles. The average Bonchev–Trinajstić information content (AvgIpc) is 2.45. The quantitative estimate of drug-likeness (QED) is 0.859. The second kappa shape index (κ2) is 7.02. The highest BCUT2D eigenvalue weighted by Gasteiger charge is 2.26. The molecule has 1 fully saturated rings. The van der Waals surface area contributed by atoms with Gasteiger partial charge in [0.2, 0.25) is 0 Å². The molecule has 1 heterocycles. The first-order valence-electron chi connectivity index (χ1n) is 7.15. The highest BCUT2D eigenvalue weighted by atomic mass is 19.1. The SMILES string of the molecule is CCNCc1c(F)cccc1N1CC(C)OC(CO)C1. The minimum Gasteiger partial charge on any atom is -0.394 e. The van der Waals surface area contributed by atoms with E-state index in [1.165, 1.54) is 6.07 Å². The van der Waals surface area contributed by atoms with Gasteiger partial charge in [0, 0.05) is 30.9 Å². The van der Waals surface area contributed by atoms with E-state index in [1.54, 1.807) is 6.07 Å². The molecule has 2 atom stereocenters. The van der Waals surface area contributed by atoms with E-state index in [0.717, 1.165) is 12.2 Å². The Bertz CT molecular complexity index is 442. The van der Waals surface area contributed by atoms with Crippen LogP contribution in [0.5, 0.6) is 0 Å². The minimum atomic E-state index is -0.214. The predicted octanol–water partition coefficient (Wildman–Crippen LogP) is 1.52. The van der Waals surface area contributed by atoms with Gasteiger partial charge in [-0.25, -0.2) is 4.39 Å². The van der Waals surface area contributed by atoms with Crippen molar-refractivity contribution in [2.24, 2.45) is 0 Å². The first kappa shape index (κ1) is 15.2. The fraction of sp³-hybridized carbons (Fsp3) is 0.600. The Kier molecular flexibility index (Phi) is 5.34. The molecule has 112 valence electrons. The molecule has 0 bridgehead atoms. The van der Waals surface area contributed by atoms with Gasteiger partial charge in [-0.05, 0) is 25.6 Å². The third kappa shape index (κ3) is 3.48. The largest absolute Gasteiger partial charge is 0.394 e. The highest BCUT2D eigenvalue weighted by molar-refractivity contribution is 5.54. The highest BCUT2D eigenvalue weighted by Crippen LogP contribution is 2.26. The summed E-state index contributed by atoms with van der Waals surface area (Å²) in [5, 5.41) is 12.5. The summed E-state index contributed by atoms with van der Waals surface area (Å²) in [5.74, 6) is -0.192. The van der Waals surface area contributed by atoms with E-state index in [9.17, 15) is 9.50 Å². The molecule has 0 amide bonds. The van der Waals surface area contributed by atoms with Crippen LogP contribution in [0, 0.1) is 5.82 Å². The number of aliphatic hydroxyl groups excluding tert-OH is 1. The molecule has 0 saturated carbocycles. The van der Waals surface area contributed by atoms with Crippen LogP contribution in [0.2, 0.25) is 0 Å². The first-order chi connectivity index (χ1) is 9.65. The monoisotopic (exact) mass is 282 g/mol. The van der Waals surface area contributed by atoms with E-state index in [2.05, 4.69) is 10.2 Å². The van der Waals surface area contributed by atoms with Crippen LogP contribution in [-0.4, -0.2) is 43.6 Å². The van der Waals surface area contributed by atoms with Crippen LogP contribution >= 0.6 is 0 Å². The Labute approximate surface area is 119 Å². The Balaban J connectivity index is 2.24. The number of rotatable bonds is 5. The summed E-state index contributed by atoms with van der Waals surface area (Å²) >= 11 is 0. The number of aliphatic hydroxyl groups is 1. The number of halogens is 1. The van der Waals surface area contributed by atoms with Crippen molar-refractivity contribution < 1.29 is 14.2 Å². The first-order valence-corrected chi connectivity index (χ1v) is 7.15. The maximum absolute atomic E-state index is 14.1. The second-order valence-electron chi connectivity index (χ2n) is 5.17. The summed E-state index contributed by atoms with van der Waals surface area (Å²) in [6, 6.07) is 5.15. The van der Waals surface area contributed by atoms with Gasteiger partial charge in [0.1, 0.15) is 5.82 Å². The second-order valence-corrected chi connectivity index (χ2v) is 5.17. The number of ether oxygens (including phenoxy) is 1. The predicted molar refractivity (Wildman–Crippen MR) is 77.4 cm³/mol. The van der Waals surface area contributed by atoms with Crippen LogP contribution in [0.25, 0.3) is 0 Å². The van der Waals surface area contributed by atoms with Crippen molar-refractivity contribution in [1.29, 1.82) is 0 Å². The van der Waals surface area contributed by atoms with Gasteiger partial charge in [-0.2, -0.15) is 0 Å².